The molecule has 8 heteroatoms. The van der Waals surface area contributed by atoms with Crippen LogP contribution in [0, 0.1) is 0 Å². The van der Waals surface area contributed by atoms with Gasteiger partial charge in [0, 0.05) is 25.0 Å². The molecular formula is C21H18FN5O2. The number of rotatable bonds is 4. The smallest absolute Gasteiger partial charge is 0.266 e. The lowest BCUT2D eigenvalue weighted by Crippen LogP contribution is -2.41. The SMILES string of the molecule is CN1C(=O)C(c2ccnc(CF)c2)(c2ccc(O)c(-c3ccccn3)c2)N=C1N. The number of amides is 1. The topological polar surface area (TPSA) is 105 Å². The van der Waals surface area contributed by atoms with E-state index in [0.717, 1.165) is 0 Å². The molecule has 3 heterocycles. The minimum absolute atomic E-state index is 0.0116. The number of halogens is 1. The van der Waals surface area contributed by atoms with Crippen molar-refractivity contribution >= 4 is 11.9 Å². The van der Waals surface area contributed by atoms with E-state index in [0.29, 0.717) is 22.4 Å². The molecule has 1 atom stereocenters. The van der Waals surface area contributed by atoms with Crippen LogP contribution in [0.3, 0.4) is 0 Å². The zero-order chi connectivity index (χ0) is 20.6. The Morgan fingerprint density at radius 1 is 1.10 bits per heavy atom. The van der Waals surface area contributed by atoms with Gasteiger partial charge in [0.2, 0.25) is 0 Å². The van der Waals surface area contributed by atoms with E-state index in [2.05, 4.69) is 15.0 Å². The monoisotopic (exact) mass is 391 g/mol. The highest BCUT2D eigenvalue weighted by Crippen LogP contribution is 2.42. The van der Waals surface area contributed by atoms with Crippen molar-refractivity contribution in [3.05, 3.63) is 77.7 Å². The van der Waals surface area contributed by atoms with Gasteiger partial charge in [-0.05, 0) is 47.5 Å². The van der Waals surface area contributed by atoms with Gasteiger partial charge in [-0.2, -0.15) is 0 Å². The maximum absolute atomic E-state index is 13.3. The molecule has 1 aromatic carbocycles. The number of nitrogens with two attached hydrogens (primary N) is 1. The number of carbonyl (C=O) groups is 1. The summed E-state index contributed by atoms with van der Waals surface area (Å²) in [6.45, 7) is -0.776. The molecule has 1 aliphatic heterocycles. The fourth-order valence-corrected chi connectivity index (χ4v) is 3.45. The zero-order valence-corrected chi connectivity index (χ0v) is 15.6. The Morgan fingerprint density at radius 2 is 1.90 bits per heavy atom. The number of phenolic OH excluding ortho intramolecular Hbond substituents is 1. The molecule has 0 spiro atoms. The molecule has 7 nitrogen and oxygen atoms in total. The number of nitrogens with zero attached hydrogens (tertiary/aromatic N) is 4. The average Bonchev–Trinajstić information content (AvgIpc) is 2.99. The lowest BCUT2D eigenvalue weighted by molar-refractivity contribution is -0.129. The minimum Gasteiger partial charge on any atom is -0.507 e. The van der Waals surface area contributed by atoms with Gasteiger partial charge in [0.15, 0.2) is 11.5 Å². The summed E-state index contributed by atoms with van der Waals surface area (Å²) in [6.07, 6.45) is 3.04. The number of alkyl halides is 1. The van der Waals surface area contributed by atoms with Gasteiger partial charge < -0.3 is 10.8 Å². The first-order chi connectivity index (χ1) is 14.0. The molecule has 146 valence electrons. The molecule has 0 fully saturated rings. The maximum atomic E-state index is 13.3. The van der Waals surface area contributed by atoms with Crippen molar-refractivity contribution in [1.82, 2.24) is 14.9 Å². The van der Waals surface area contributed by atoms with Gasteiger partial charge in [0.05, 0.1) is 11.4 Å². The van der Waals surface area contributed by atoms with Crippen LogP contribution in [0.2, 0.25) is 0 Å². The molecular weight excluding hydrogens is 373 g/mol. The molecule has 3 N–H and O–H groups in total. The number of aromatic hydroxyl groups is 1. The number of guanidine groups is 1. The van der Waals surface area contributed by atoms with Gasteiger partial charge in [-0.25, -0.2) is 9.38 Å². The molecule has 1 unspecified atom stereocenters. The summed E-state index contributed by atoms with van der Waals surface area (Å²) in [5.74, 6) is -0.331. The van der Waals surface area contributed by atoms with E-state index in [-0.39, 0.29) is 23.3 Å². The summed E-state index contributed by atoms with van der Waals surface area (Å²) in [4.78, 5) is 27.3. The maximum Gasteiger partial charge on any atom is 0.266 e. The third kappa shape index (κ3) is 2.89. The number of benzene rings is 1. The predicted molar refractivity (Wildman–Crippen MR) is 106 cm³/mol. The fourth-order valence-electron chi connectivity index (χ4n) is 3.45. The Hall–Kier alpha value is -3.81. The largest absolute Gasteiger partial charge is 0.507 e. The van der Waals surface area contributed by atoms with E-state index in [4.69, 9.17) is 5.73 Å². The summed E-state index contributed by atoms with van der Waals surface area (Å²) < 4.78 is 13.2. The zero-order valence-electron chi connectivity index (χ0n) is 15.6. The number of hydrogen-bond donors (Lipinski definition) is 2. The van der Waals surface area contributed by atoms with Crippen LogP contribution in [-0.2, 0) is 17.0 Å². The van der Waals surface area contributed by atoms with Gasteiger partial charge in [-0.1, -0.05) is 12.1 Å². The van der Waals surface area contributed by atoms with E-state index in [9.17, 15) is 14.3 Å². The Morgan fingerprint density at radius 3 is 2.55 bits per heavy atom. The Bertz CT molecular complexity index is 1120. The van der Waals surface area contributed by atoms with E-state index in [1.54, 1.807) is 42.6 Å². The minimum atomic E-state index is -1.51. The second-order valence-corrected chi connectivity index (χ2v) is 6.66. The van der Waals surface area contributed by atoms with Crippen LogP contribution >= 0.6 is 0 Å². The van der Waals surface area contributed by atoms with Crippen LogP contribution in [0.4, 0.5) is 4.39 Å². The van der Waals surface area contributed by atoms with Gasteiger partial charge >= 0.3 is 0 Å². The van der Waals surface area contributed by atoms with Gasteiger partial charge in [0.25, 0.3) is 5.91 Å². The summed E-state index contributed by atoms with van der Waals surface area (Å²) in [6, 6.07) is 13.2. The quantitative estimate of drug-likeness (QED) is 0.710. The summed E-state index contributed by atoms with van der Waals surface area (Å²) in [5, 5.41) is 10.4. The second kappa shape index (κ2) is 6.97. The number of pyridine rings is 2. The highest BCUT2D eigenvalue weighted by molar-refractivity contribution is 6.09. The number of likely N-dealkylation sites (N-methyl/N-ethyl adjacent to an activating group) is 1. The van der Waals surface area contributed by atoms with E-state index >= 15 is 0 Å². The van der Waals surface area contributed by atoms with Crippen LogP contribution in [0.15, 0.2) is 65.9 Å². The normalized spacial score (nSPS) is 18.8. The van der Waals surface area contributed by atoms with Gasteiger partial charge in [-0.3, -0.25) is 19.7 Å². The highest BCUT2D eigenvalue weighted by atomic mass is 19.1. The second-order valence-electron chi connectivity index (χ2n) is 6.66. The molecule has 3 aromatic rings. The summed E-state index contributed by atoms with van der Waals surface area (Å²) >= 11 is 0. The summed E-state index contributed by atoms with van der Waals surface area (Å²) in [7, 11) is 1.53. The lowest BCUT2D eigenvalue weighted by Gasteiger charge is -2.27. The molecule has 2 aromatic heterocycles. The Balaban J connectivity index is 1.98. The van der Waals surface area contributed by atoms with Crippen molar-refractivity contribution in [1.29, 1.82) is 0 Å². The fraction of sp³-hybridized carbons (Fsp3) is 0.143. The number of aliphatic imine (C=N–C) groups is 1. The van der Waals surface area contributed by atoms with Crippen molar-refractivity contribution in [2.24, 2.45) is 10.7 Å². The molecule has 0 saturated heterocycles. The van der Waals surface area contributed by atoms with Crippen molar-refractivity contribution in [2.75, 3.05) is 7.05 Å². The number of phenols is 1. The molecule has 29 heavy (non-hydrogen) atoms. The van der Waals surface area contributed by atoms with Crippen molar-refractivity contribution in [3.8, 4) is 17.0 Å². The summed E-state index contributed by atoms with van der Waals surface area (Å²) in [5.41, 5.74) is 6.54. The van der Waals surface area contributed by atoms with Crippen LogP contribution in [0.25, 0.3) is 11.3 Å². The third-order valence-electron chi connectivity index (χ3n) is 4.97. The predicted octanol–water partition coefficient (Wildman–Crippen LogP) is 2.35. The molecule has 0 bridgehead atoms. The first kappa shape index (κ1) is 18.5. The molecule has 0 radical (unpaired) electrons. The van der Waals surface area contributed by atoms with E-state index < -0.39 is 12.2 Å². The molecule has 0 saturated carbocycles. The third-order valence-corrected chi connectivity index (χ3v) is 4.97. The van der Waals surface area contributed by atoms with Gasteiger partial charge in [0.1, 0.15) is 12.4 Å². The molecule has 1 aliphatic rings. The standard InChI is InChI=1S/C21H18FN5O2/c1-27-19(29)21(26-20(27)23,14-7-9-24-15(10-14)12-22)13-5-6-18(28)16(11-13)17-4-2-3-8-25-17/h2-11,28H,12H2,1H3,(H2,23,26). The van der Waals surface area contributed by atoms with Crippen LogP contribution < -0.4 is 5.73 Å². The highest BCUT2D eigenvalue weighted by Gasteiger charge is 2.49. The van der Waals surface area contributed by atoms with Crippen molar-refractivity contribution < 1.29 is 14.3 Å². The molecule has 0 aliphatic carbocycles. The van der Waals surface area contributed by atoms with Crippen LogP contribution in [0.1, 0.15) is 16.8 Å². The number of hydrogen-bond acceptors (Lipinski definition) is 6. The Kier molecular flexibility index (Phi) is 4.46. The lowest BCUT2D eigenvalue weighted by atomic mass is 9.82. The van der Waals surface area contributed by atoms with E-state index in [1.165, 1.54) is 30.3 Å². The van der Waals surface area contributed by atoms with Crippen molar-refractivity contribution in [2.45, 2.75) is 12.2 Å². The Labute approximate surface area is 166 Å². The molecule has 1 amide bonds. The van der Waals surface area contributed by atoms with Crippen LogP contribution in [0.5, 0.6) is 5.75 Å². The number of carbonyl (C=O) groups excluding carboxylic acids is 1. The first-order valence-corrected chi connectivity index (χ1v) is 8.87. The first-order valence-electron chi connectivity index (χ1n) is 8.87. The van der Waals surface area contributed by atoms with E-state index in [1.807, 2.05) is 0 Å². The van der Waals surface area contributed by atoms with Crippen LogP contribution in [-0.4, -0.2) is 38.9 Å². The molecule has 4 rings (SSSR count). The van der Waals surface area contributed by atoms with Crippen molar-refractivity contribution in [3.63, 3.8) is 0 Å². The average molecular weight is 391 g/mol. The number of aromatic nitrogens is 2. The van der Waals surface area contributed by atoms with Gasteiger partial charge in [-0.15, -0.1) is 0 Å².